The van der Waals surface area contributed by atoms with E-state index in [0.717, 1.165) is 24.4 Å². The quantitative estimate of drug-likeness (QED) is 0.739. The summed E-state index contributed by atoms with van der Waals surface area (Å²) in [5, 5.41) is 6.87. The van der Waals surface area contributed by atoms with Gasteiger partial charge in [-0.25, -0.2) is 0 Å². The number of nitrogens with one attached hydrogen (secondary N) is 1. The number of rotatable bonds is 7. The number of ether oxygens (including phenoxy) is 1. The SMILES string of the molecule is CCn1nccc1CN(C)CC(=O)Nc1cc(C(F)(F)F)ccc1N1CCOCC1. The van der Waals surface area contributed by atoms with Crippen LogP contribution in [0, 0.1) is 0 Å². The topological polar surface area (TPSA) is 62.6 Å². The molecule has 7 nitrogen and oxygen atoms in total. The van der Waals surface area contributed by atoms with Crippen molar-refractivity contribution >= 4 is 17.3 Å². The molecular weight excluding hydrogens is 399 g/mol. The van der Waals surface area contributed by atoms with Crippen LogP contribution in [0.1, 0.15) is 18.2 Å². The van der Waals surface area contributed by atoms with E-state index in [2.05, 4.69) is 10.4 Å². The third-order valence-electron chi connectivity index (χ3n) is 4.90. The van der Waals surface area contributed by atoms with Crippen molar-refractivity contribution in [3.05, 3.63) is 41.7 Å². The summed E-state index contributed by atoms with van der Waals surface area (Å²) in [6.07, 6.45) is -2.79. The lowest BCUT2D eigenvalue weighted by Crippen LogP contribution is -2.37. The zero-order valence-electron chi connectivity index (χ0n) is 17.1. The first-order valence-corrected chi connectivity index (χ1v) is 9.81. The van der Waals surface area contributed by atoms with Crippen LogP contribution in [0.5, 0.6) is 0 Å². The zero-order valence-corrected chi connectivity index (χ0v) is 17.1. The fourth-order valence-electron chi connectivity index (χ4n) is 3.44. The first-order chi connectivity index (χ1) is 14.3. The number of nitrogens with zero attached hydrogens (tertiary/aromatic N) is 4. The third kappa shape index (κ3) is 5.51. The van der Waals surface area contributed by atoms with Gasteiger partial charge in [-0.1, -0.05) is 0 Å². The predicted molar refractivity (Wildman–Crippen MR) is 107 cm³/mol. The Balaban J connectivity index is 1.73. The summed E-state index contributed by atoms with van der Waals surface area (Å²) in [6.45, 7) is 5.31. The van der Waals surface area contributed by atoms with Crippen molar-refractivity contribution in [1.82, 2.24) is 14.7 Å². The van der Waals surface area contributed by atoms with E-state index in [1.807, 2.05) is 22.6 Å². The van der Waals surface area contributed by atoms with E-state index in [0.29, 0.717) is 38.5 Å². The van der Waals surface area contributed by atoms with E-state index in [4.69, 9.17) is 4.74 Å². The average molecular weight is 425 g/mol. The molecule has 1 amide bonds. The lowest BCUT2D eigenvalue weighted by atomic mass is 10.1. The van der Waals surface area contributed by atoms with Gasteiger partial charge in [-0.3, -0.25) is 14.4 Å². The molecule has 164 valence electrons. The van der Waals surface area contributed by atoms with Crippen LogP contribution in [0.4, 0.5) is 24.5 Å². The molecule has 1 fully saturated rings. The van der Waals surface area contributed by atoms with Gasteiger partial charge in [0.15, 0.2) is 0 Å². The Bertz CT molecular complexity index is 862. The smallest absolute Gasteiger partial charge is 0.378 e. The van der Waals surface area contributed by atoms with Crippen LogP contribution in [0.25, 0.3) is 0 Å². The van der Waals surface area contributed by atoms with Crippen molar-refractivity contribution in [3.8, 4) is 0 Å². The molecule has 1 N–H and O–H groups in total. The predicted octanol–water partition coefficient (Wildman–Crippen LogP) is 2.83. The van der Waals surface area contributed by atoms with Crippen molar-refractivity contribution < 1.29 is 22.7 Å². The van der Waals surface area contributed by atoms with Crippen LogP contribution >= 0.6 is 0 Å². The number of aryl methyl sites for hydroxylation is 1. The van der Waals surface area contributed by atoms with Gasteiger partial charge in [0.05, 0.1) is 42.4 Å². The molecule has 2 heterocycles. The van der Waals surface area contributed by atoms with E-state index in [-0.39, 0.29) is 18.1 Å². The highest BCUT2D eigenvalue weighted by atomic mass is 19.4. The average Bonchev–Trinajstić information content (AvgIpc) is 3.14. The van der Waals surface area contributed by atoms with Crippen molar-refractivity contribution in [1.29, 1.82) is 0 Å². The molecule has 30 heavy (non-hydrogen) atoms. The Kier molecular flexibility index (Phi) is 6.99. The highest BCUT2D eigenvalue weighted by Gasteiger charge is 2.32. The number of morpholine rings is 1. The van der Waals surface area contributed by atoms with Crippen molar-refractivity contribution in [2.75, 3.05) is 50.1 Å². The van der Waals surface area contributed by atoms with Gasteiger partial charge in [-0.15, -0.1) is 0 Å². The van der Waals surface area contributed by atoms with Gasteiger partial charge < -0.3 is 15.0 Å². The molecule has 1 aliphatic rings. The summed E-state index contributed by atoms with van der Waals surface area (Å²) in [7, 11) is 1.78. The normalized spacial score (nSPS) is 14.9. The molecular formula is C20H26F3N5O2. The van der Waals surface area contributed by atoms with Gasteiger partial charge in [0, 0.05) is 32.4 Å². The number of alkyl halides is 3. The van der Waals surface area contributed by atoms with Gasteiger partial charge in [-0.2, -0.15) is 18.3 Å². The molecule has 1 aliphatic heterocycles. The summed E-state index contributed by atoms with van der Waals surface area (Å²) < 4.78 is 46.8. The maximum Gasteiger partial charge on any atom is 0.416 e. The number of amides is 1. The molecule has 2 aromatic rings. The Morgan fingerprint density at radius 1 is 1.27 bits per heavy atom. The highest BCUT2D eigenvalue weighted by molar-refractivity contribution is 5.95. The Morgan fingerprint density at radius 2 is 2.00 bits per heavy atom. The Labute approximate surface area is 173 Å². The fraction of sp³-hybridized carbons (Fsp3) is 0.500. The van der Waals surface area contributed by atoms with E-state index in [1.54, 1.807) is 18.1 Å². The lowest BCUT2D eigenvalue weighted by molar-refractivity contribution is -0.137. The second kappa shape index (κ2) is 9.48. The van der Waals surface area contributed by atoms with Crippen LogP contribution in [0.15, 0.2) is 30.5 Å². The lowest BCUT2D eigenvalue weighted by Gasteiger charge is -2.31. The van der Waals surface area contributed by atoms with Crippen molar-refractivity contribution in [2.24, 2.45) is 0 Å². The van der Waals surface area contributed by atoms with Gasteiger partial charge >= 0.3 is 6.18 Å². The first-order valence-electron chi connectivity index (χ1n) is 9.81. The minimum atomic E-state index is -4.49. The number of aromatic nitrogens is 2. The molecule has 0 bridgehead atoms. The van der Waals surface area contributed by atoms with Crippen molar-refractivity contribution in [3.63, 3.8) is 0 Å². The zero-order chi connectivity index (χ0) is 21.7. The maximum absolute atomic E-state index is 13.2. The number of hydrogen-bond donors (Lipinski definition) is 1. The van der Waals surface area contributed by atoms with Crippen LogP contribution < -0.4 is 10.2 Å². The molecule has 0 unspecified atom stereocenters. The largest absolute Gasteiger partial charge is 0.416 e. The van der Waals surface area contributed by atoms with Gasteiger partial charge in [0.25, 0.3) is 0 Å². The molecule has 10 heteroatoms. The van der Waals surface area contributed by atoms with Crippen LogP contribution in [0.3, 0.4) is 0 Å². The Hall–Kier alpha value is -2.59. The third-order valence-corrected chi connectivity index (χ3v) is 4.90. The second-order valence-corrected chi connectivity index (χ2v) is 7.19. The summed E-state index contributed by atoms with van der Waals surface area (Å²) in [4.78, 5) is 16.3. The van der Waals surface area contributed by atoms with E-state index in [1.165, 1.54) is 6.07 Å². The first kappa shape index (κ1) is 22.1. The summed E-state index contributed by atoms with van der Waals surface area (Å²) >= 11 is 0. The number of likely N-dealkylation sites (N-methyl/N-ethyl adjacent to an activating group) is 1. The minimum Gasteiger partial charge on any atom is -0.378 e. The molecule has 0 radical (unpaired) electrons. The maximum atomic E-state index is 13.2. The van der Waals surface area contributed by atoms with Gasteiger partial charge in [0.2, 0.25) is 5.91 Å². The highest BCUT2D eigenvalue weighted by Crippen LogP contribution is 2.35. The number of anilines is 2. The number of halogens is 3. The van der Waals surface area contributed by atoms with Gasteiger partial charge in [-0.05, 0) is 38.2 Å². The van der Waals surface area contributed by atoms with Crippen LogP contribution in [0.2, 0.25) is 0 Å². The molecule has 1 aromatic carbocycles. The standard InChI is InChI=1S/C20H26F3N5O2/c1-3-28-16(6-7-24-28)13-26(2)14-19(29)25-17-12-15(20(21,22)23)4-5-18(17)27-8-10-30-11-9-27/h4-7,12H,3,8-11,13-14H2,1-2H3,(H,25,29). The van der Waals surface area contributed by atoms with Crippen LogP contribution in [-0.2, 0) is 28.8 Å². The number of benzene rings is 1. The number of hydrogen-bond acceptors (Lipinski definition) is 5. The molecule has 0 atom stereocenters. The van der Waals surface area contributed by atoms with Crippen LogP contribution in [-0.4, -0.2) is 60.5 Å². The number of carbonyl (C=O) groups excluding carboxylic acids is 1. The molecule has 1 saturated heterocycles. The monoisotopic (exact) mass is 425 g/mol. The minimum absolute atomic E-state index is 0.0354. The Morgan fingerprint density at radius 3 is 2.67 bits per heavy atom. The molecule has 3 rings (SSSR count). The summed E-state index contributed by atoms with van der Waals surface area (Å²) in [5.41, 5.74) is 0.881. The summed E-state index contributed by atoms with van der Waals surface area (Å²) in [6, 6.07) is 5.32. The molecule has 1 aromatic heterocycles. The van der Waals surface area contributed by atoms with E-state index >= 15 is 0 Å². The van der Waals surface area contributed by atoms with Gasteiger partial charge in [0.1, 0.15) is 0 Å². The van der Waals surface area contributed by atoms with Crippen molar-refractivity contribution in [2.45, 2.75) is 26.2 Å². The summed E-state index contributed by atoms with van der Waals surface area (Å²) in [5.74, 6) is -0.381. The molecule has 0 spiro atoms. The second-order valence-electron chi connectivity index (χ2n) is 7.19. The molecule has 0 aliphatic carbocycles. The van der Waals surface area contributed by atoms with E-state index < -0.39 is 11.7 Å². The molecule has 0 saturated carbocycles. The van der Waals surface area contributed by atoms with E-state index in [9.17, 15) is 18.0 Å². The number of carbonyl (C=O) groups is 1. The fourth-order valence-corrected chi connectivity index (χ4v) is 3.44.